The van der Waals surface area contributed by atoms with Gasteiger partial charge in [-0.3, -0.25) is 9.59 Å². The minimum atomic E-state index is -0.699. The number of carboxylic acids is 1. The van der Waals surface area contributed by atoms with Crippen LogP contribution in [0.3, 0.4) is 0 Å². The molecule has 27 heavy (non-hydrogen) atoms. The lowest BCUT2D eigenvalue weighted by Crippen LogP contribution is -2.47. The van der Waals surface area contributed by atoms with Gasteiger partial charge in [0.1, 0.15) is 5.60 Å². The Morgan fingerprint density at radius 2 is 1.70 bits per heavy atom. The standard InChI is InChI=1S/C14H24O3.C6H12O2.C2H6/c1-3-10-4-11-5-12(15)8-14(6-10,7-11)9(2)13(16)17;1-5(7)8-6(2,3)4;1-2/h9-12,15H,3-8H2,1-2H3,(H,16,17);1-4H3;1-2H3/t9-,10?,11?,12?,14?;;/m1../s1. The molecule has 2 N–H and O–H groups in total. The summed E-state index contributed by atoms with van der Waals surface area (Å²) in [7, 11) is 0. The molecule has 2 rings (SSSR count). The summed E-state index contributed by atoms with van der Waals surface area (Å²) >= 11 is 0. The summed E-state index contributed by atoms with van der Waals surface area (Å²) in [6, 6.07) is 0. The number of hydrogen-bond donors (Lipinski definition) is 2. The first kappa shape index (κ1) is 25.9. The number of fused-ring (bicyclic) bond motifs is 2. The molecule has 4 unspecified atom stereocenters. The Hall–Kier alpha value is -1.10. The van der Waals surface area contributed by atoms with Gasteiger partial charge in [-0.1, -0.05) is 34.1 Å². The number of aliphatic hydroxyl groups excluding tert-OH is 1. The van der Waals surface area contributed by atoms with Crippen LogP contribution in [0.4, 0.5) is 0 Å². The predicted molar refractivity (Wildman–Crippen MR) is 108 cm³/mol. The fourth-order valence-electron chi connectivity index (χ4n) is 4.69. The quantitative estimate of drug-likeness (QED) is 0.663. The Morgan fingerprint density at radius 1 is 1.15 bits per heavy atom. The van der Waals surface area contributed by atoms with Crippen molar-refractivity contribution in [2.75, 3.05) is 0 Å². The van der Waals surface area contributed by atoms with E-state index in [1.54, 1.807) is 0 Å². The van der Waals surface area contributed by atoms with Crippen molar-refractivity contribution in [2.24, 2.45) is 23.2 Å². The maximum Gasteiger partial charge on any atom is 0.306 e. The zero-order chi connectivity index (χ0) is 21.4. The van der Waals surface area contributed by atoms with E-state index in [1.165, 1.54) is 13.3 Å². The molecule has 0 aromatic rings. The summed E-state index contributed by atoms with van der Waals surface area (Å²) in [6.45, 7) is 15.0. The molecule has 0 heterocycles. The number of carboxylic acid groups (broad SMARTS) is 1. The monoisotopic (exact) mass is 386 g/mol. The molecule has 0 aliphatic heterocycles. The fourth-order valence-corrected chi connectivity index (χ4v) is 4.69. The molecule has 160 valence electrons. The summed E-state index contributed by atoms with van der Waals surface area (Å²) in [6.07, 6.45) is 5.60. The minimum absolute atomic E-state index is 0.146. The second-order valence-corrected chi connectivity index (χ2v) is 9.01. The van der Waals surface area contributed by atoms with Crippen LogP contribution < -0.4 is 0 Å². The molecular formula is C22H42O5. The number of carbonyl (C=O) groups excluding carboxylic acids is 1. The molecule has 0 aromatic carbocycles. The number of ether oxygens (including phenoxy) is 1. The van der Waals surface area contributed by atoms with Crippen LogP contribution in [0.15, 0.2) is 0 Å². The summed E-state index contributed by atoms with van der Waals surface area (Å²) in [5.41, 5.74) is -0.473. The second kappa shape index (κ2) is 11.0. The number of aliphatic hydroxyl groups is 1. The highest BCUT2D eigenvalue weighted by atomic mass is 16.6. The molecule has 0 amide bonds. The highest BCUT2D eigenvalue weighted by Crippen LogP contribution is 2.55. The Balaban J connectivity index is 0.000000574. The van der Waals surface area contributed by atoms with Gasteiger partial charge in [-0.15, -0.1) is 0 Å². The molecule has 2 bridgehead atoms. The van der Waals surface area contributed by atoms with E-state index in [2.05, 4.69) is 6.92 Å². The van der Waals surface area contributed by atoms with Crippen molar-refractivity contribution in [3.05, 3.63) is 0 Å². The van der Waals surface area contributed by atoms with Crippen LogP contribution in [-0.4, -0.2) is 33.9 Å². The van der Waals surface area contributed by atoms with E-state index in [4.69, 9.17) is 4.74 Å². The van der Waals surface area contributed by atoms with Gasteiger partial charge < -0.3 is 14.9 Å². The van der Waals surface area contributed by atoms with E-state index in [0.29, 0.717) is 18.3 Å². The third-order valence-electron chi connectivity index (χ3n) is 5.62. The van der Waals surface area contributed by atoms with Crippen LogP contribution >= 0.6 is 0 Å². The topological polar surface area (TPSA) is 83.8 Å². The molecule has 0 radical (unpaired) electrons. The first-order valence-corrected chi connectivity index (χ1v) is 10.5. The smallest absolute Gasteiger partial charge is 0.306 e. The molecule has 5 heteroatoms. The minimum Gasteiger partial charge on any atom is -0.481 e. The number of aliphatic carboxylic acids is 1. The zero-order valence-electron chi connectivity index (χ0n) is 18.7. The normalized spacial score (nSPS) is 30.6. The van der Waals surface area contributed by atoms with Crippen molar-refractivity contribution >= 4 is 11.9 Å². The first-order valence-electron chi connectivity index (χ1n) is 10.5. The SMILES string of the molecule is CC.CC(=O)OC(C)(C)C.CCC1CC2CC(O)CC([C@H](C)C(=O)O)(C1)C2. The van der Waals surface area contributed by atoms with Gasteiger partial charge in [0, 0.05) is 6.92 Å². The Bertz CT molecular complexity index is 464. The van der Waals surface area contributed by atoms with E-state index in [9.17, 15) is 19.8 Å². The number of carbonyl (C=O) groups is 2. The van der Waals surface area contributed by atoms with Crippen molar-refractivity contribution in [2.45, 2.75) is 106 Å². The number of rotatable bonds is 3. The third-order valence-corrected chi connectivity index (χ3v) is 5.62. The number of esters is 1. The highest BCUT2D eigenvalue weighted by Gasteiger charge is 2.50. The molecule has 2 saturated carbocycles. The lowest BCUT2D eigenvalue weighted by Gasteiger charge is -2.52. The lowest BCUT2D eigenvalue weighted by atomic mass is 9.53. The van der Waals surface area contributed by atoms with Crippen molar-refractivity contribution in [1.29, 1.82) is 0 Å². The van der Waals surface area contributed by atoms with Crippen LogP contribution in [0.5, 0.6) is 0 Å². The first-order chi connectivity index (χ1) is 12.4. The molecule has 0 spiro atoms. The van der Waals surface area contributed by atoms with Crippen molar-refractivity contribution in [3.8, 4) is 0 Å². The Kier molecular flexibility index (Phi) is 10.6. The van der Waals surface area contributed by atoms with Gasteiger partial charge in [0.05, 0.1) is 12.0 Å². The third kappa shape index (κ3) is 8.63. The van der Waals surface area contributed by atoms with Crippen LogP contribution in [0.1, 0.15) is 93.9 Å². The van der Waals surface area contributed by atoms with Crippen LogP contribution in [0, 0.1) is 23.2 Å². The van der Waals surface area contributed by atoms with Gasteiger partial charge in [-0.25, -0.2) is 0 Å². The molecule has 5 atom stereocenters. The number of hydrogen-bond acceptors (Lipinski definition) is 4. The second-order valence-electron chi connectivity index (χ2n) is 9.01. The van der Waals surface area contributed by atoms with E-state index < -0.39 is 5.97 Å². The van der Waals surface area contributed by atoms with Gasteiger partial charge in [0.2, 0.25) is 0 Å². The van der Waals surface area contributed by atoms with E-state index in [-0.39, 0.29) is 29.0 Å². The van der Waals surface area contributed by atoms with E-state index >= 15 is 0 Å². The van der Waals surface area contributed by atoms with Crippen molar-refractivity contribution in [3.63, 3.8) is 0 Å². The van der Waals surface area contributed by atoms with Gasteiger partial charge in [0.15, 0.2) is 0 Å². The van der Waals surface area contributed by atoms with Crippen LogP contribution in [0.2, 0.25) is 0 Å². The van der Waals surface area contributed by atoms with Crippen molar-refractivity contribution < 1.29 is 24.5 Å². The maximum atomic E-state index is 11.3. The molecule has 0 saturated heterocycles. The van der Waals surface area contributed by atoms with Crippen LogP contribution in [0.25, 0.3) is 0 Å². The molecule has 5 nitrogen and oxygen atoms in total. The highest BCUT2D eigenvalue weighted by molar-refractivity contribution is 5.70. The molecule has 2 aliphatic carbocycles. The summed E-state index contributed by atoms with van der Waals surface area (Å²) in [5.74, 6) is -0.0521. The van der Waals surface area contributed by atoms with E-state index in [1.807, 2.05) is 41.5 Å². The molecule has 2 aliphatic rings. The Labute approximate surface area is 165 Å². The van der Waals surface area contributed by atoms with Gasteiger partial charge in [-0.05, 0) is 70.1 Å². The average molecular weight is 387 g/mol. The van der Waals surface area contributed by atoms with Gasteiger partial charge in [-0.2, -0.15) is 0 Å². The van der Waals surface area contributed by atoms with E-state index in [0.717, 1.165) is 25.7 Å². The largest absolute Gasteiger partial charge is 0.481 e. The zero-order valence-corrected chi connectivity index (χ0v) is 18.7. The van der Waals surface area contributed by atoms with Gasteiger partial charge >= 0.3 is 11.9 Å². The van der Waals surface area contributed by atoms with Crippen LogP contribution in [-0.2, 0) is 14.3 Å². The molecule has 2 fully saturated rings. The molecule has 0 aromatic heterocycles. The summed E-state index contributed by atoms with van der Waals surface area (Å²) in [5, 5.41) is 19.3. The predicted octanol–water partition coefficient (Wildman–Crippen LogP) is 5.05. The van der Waals surface area contributed by atoms with Crippen molar-refractivity contribution in [1.82, 2.24) is 0 Å². The Morgan fingerprint density at radius 3 is 2.07 bits per heavy atom. The average Bonchev–Trinajstić information content (AvgIpc) is 2.52. The molecular weight excluding hydrogens is 344 g/mol. The fraction of sp³-hybridized carbons (Fsp3) is 0.909. The maximum absolute atomic E-state index is 11.3. The lowest BCUT2D eigenvalue weighted by molar-refractivity contribution is -0.153. The summed E-state index contributed by atoms with van der Waals surface area (Å²) in [4.78, 5) is 21.6. The summed E-state index contributed by atoms with van der Waals surface area (Å²) < 4.78 is 4.80. The van der Waals surface area contributed by atoms with Gasteiger partial charge in [0.25, 0.3) is 0 Å².